The Bertz CT molecular complexity index is 768. The predicted octanol–water partition coefficient (Wildman–Crippen LogP) is 1.00. The maximum Gasteiger partial charge on any atom is 0.268 e. The average molecular weight is 339 g/mol. The molecule has 0 spiro atoms. The number of pyridine rings is 1. The van der Waals surface area contributed by atoms with E-state index >= 15 is 0 Å². The number of anilines is 1. The Morgan fingerprint density at radius 3 is 3.00 bits per heavy atom. The summed E-state index contributed by atoms with van der Waals surface area (Å²) in [5.41, 5.74) is 2.58. The second-order valence-electron chi connectivity index (χ2n) is 7.17. The SMILES string of the molecule is O=C(NCc1cccc(N2CCOCC2)n1)C1=NN=C2C1CC1CC21. The van der Waals surface area contributed by atoms with E-state index in [0.717, 1.165) is 55.9 Å². The second kappa shape index (κ2) is 5.91. The fourth-order valence-electron chi connectivity index (χ4n) is 4.13. The number of carbonyl (C=O) groups excluding carboxylic acids is 1. The molecule has 5 rings (SSSR count). The van der Waals surface area contributed by atoms with Gasteiger partial charge in [-0.3, -0.25) is 4.79 Å². The molecule has 7 heteroatoms. The average Bonchev–Trinajstić information content (AvgIpc) is 3.14. The van der Waals surface area contributed by atoms with Crippen molar-refractivity contribution in [1.29, 1.82) is 0 Å². The number of hydrogen-bond acceptors (Lipinski definition) is 6. The first-order chi connectivity index (χ1) is 12.3. The molecule has 1 saturated heterocycles. The van der Waals surface area contributed by atoms with Gasteiger partial charge in [-0.25, -0.2) is 4.98 Å². The van der Waals surface area contributed by atoms with Gasteiger partial charge < -0.3 is 15.0 Å². The number of amides is 1. The first-order valence-electron chi connectivity index (χ1n) is 9.02. The van der Waals surface area contributed by atoms with E-state index in [0.29, 0.717) is 18.2 Å². The first-order valence-corrected chi connectivity index (χ1v) is 9.02. The molecule has 1 N–H and O–H groups in total. The van der Waals surface area contributed by atoms with E-state index in [1.165, 1.54) is 6.42 Å². The molecule has 3 heterocycles. The summed E-state index contributed by atoms with van der Waals surface area (Å²) in [6.07, 6.45) is 2.28. The highest BCUT2D eigenvalue weighted by molar-refractivity contribution is 6.45. The minimum Gasteiger partial charge on any atom is -0.378 e. The number of hydrogen-bond donors (Lipinski definition) is 1. The Morgan fingerprint density at radius 2 is 2.12 bits per heavy atom. The van der Waals surface area contributed by atoms with Crippen LogP contribution in [0, 0.1) is 17.8 Å². The number of aromatic nitrogens is 1. The van der Waals surface area contributed by atoms with Gasteiger partial charge in [-0.05, 0) is 30.9 Å². The Balaban J connectivity index is 1.21. The molecule has 2 aliphatic heterocycles. The van der Waals surface area contributed by atoms with Gasteiger partial charge in [0.1, 0.15) is 11.5 Å². The van der Waals surface area contributed by atoms with Crippen LogP contribution < -0.4 is 10.2 Å². The van der Waals surface area contributed by atoms with Crippen molar-refractivity contribution in [2.75, 3.05) is 31.2 Å². The van der Waals surface area contributed by atoms with E-state index < -0.39 is 0 Å². The van der Waals surface area contributed by atoms with Gasteiger partial charge in [0.05, 0.1) is 31.2 Å². The van der Waals surface area contributed by atoms with Crippen LogP contribution in [0.15, 0.2) is 28.4 Å². The highest BCUT2D eigenvalue weighted by Gasteiger charge is 2.55. The number of rotatable bonds is 4. The molecule has 2 aliphatic carbocycles. The van der Waals surface area contributed by atoms with Gasteiger partial charge >= 0.3 is 0 Å². The molecule has 0 radical (unpaired) electrons. The van der Waals surface area contributed by atoms with Gasteiger partial charge in [0.15, 0.2) is 0 Å². The third kappa shape index (κ3) is 2.72. The number of fused-ring (bicyclic) bond motifs is 3. The van der Waals surface area contributed by atoms with Crippen molar-refractivity contribution in [3.05, 3.63) is 23.9 Å². The molecule has 3 fully saturated rings. The zero-order valence-electron chi connectivity index (χ0n) is 14.0. The largest absolute Gasteiger partial charge is 0.378 e. The minimum absolute atomic E-state index is 0.108. The first kappa shape index (κ1) is 15.0. The number of nitrogens with one attached hydrogen (secondary N) is 1. The zero-order chi connectivity index (χ0) is 16.8. The van der Waals surface area contributed by atoms with Gasteiger partial charge in [0, 0.05) is 24.9 Å². The van der Waals surface area contributed by atoms with Gasteiger partial charge in [-0.2, -0.15) is 5.10 Å². The summed E-state index contributed by atoms with van der Waals surface area (Å²) >= 11 is 0. The highest BCUT2D eigenvalue weighted by atomic mass is 16.5. The lowest BCUT2D eigenvalue weighted by Crippen LogP contribution is -2.37. The summed E-state index contributed by atoms with van der Waals surface area (Å²) in [6.45, 7) is 3.57. The molecular weight excluding hydrogens is 318 g/mol. The molecule has 0 aromatic carbocycles. The van der Waals surface area contributed by atoms with Crippen molar-refractivity contribution in [2.24, 2.45) is 28.0 Å². The van der Waals surface area contributed by atoms with Crippen LogP contribution >= 0.6 is 0 Å². The molecule has 2 saturated carbocycles. The fourth-order valence-corrected chi connectivity index (χ4v) is 4.13. The third-order valence-corrected chi connectivity index (χ3v) is 5.59. The highest BCUT2D eigenvalue weighted by Crippen LogP contribution is 2.54. The van der Waals surface area contributed by atoms with E-state index in [1.54, 1.807) is 0 Å². The lowest BCUT2D eigenvalue weighted by Gasteiger charge is -2.28. The van der Waals surface area contributed by atoms with Crippen LogP contribution in [0.25, 0.3) is 0 Å². The summed E-state index contributed by atoms with van der Waals surface area (Å²) < 4.78 is 5.38. The Kier molecular flexibility index (Phi) is 3.55. The smallest absolute Gasteiger partial charge is 0.268 e. The normalized spacial score (nSPS) is 29.6. The molecule has 0 bridgehead atoms. The van der Waals surface area contributed by atoms with Crippen LogP contribution in [0.1, 0.15) is 18.5 Å². The molecule has 3 atom stereocenters. The monoisotopic (exact) mass is 339 g/mol. The predicted molar refractivity (Wildman–Crippen MR) is 93.7 cm³/mol. The van der Waals surface area contributed by atoms with Gasteiger partial charge in [0.2, 0.25) is 0 Å². The standard InChI is InChI=1S/C18H21N5O2/c24-18(17-14-9-11-8-13(11)16(14)21-22-17)19-10-12-2-1-3-15(20-12)23-4-6-25-7-5-23/h1-3,11,13-14H,4-10H2,(H,19,24). The van der Waals surface area contributed by atoms with Crippen LogP contribution in [0.5, 0.6) is 0 Å². The number of nitrogens with zero attached hydrogens (tertiary/aromatic N) is 4. The molecule has 1 aromatic rings. The summed E-state index contributed by atoms with van der Waals surface area (Å²) in [4.78, 5) is 19.4. The third-order valence-electron chi connectivity index (χ3n) is 5.59. The Hall–Kier alpha value is -2.28. The summed E-state index contributed by atoms with van der Waals surface area (Å²) in [5, 5.41) is 11.4. The van der Waals surface area contributed by atoms with Crippen LogP contribution in [-0.2, 0) is 16.1 Å². The van der Waals surface area contributed by atoms with E-state index in [1.807, 2.05) is 18.2 Å². The van der Waals surface area contributed by atoms with Crippen LogP contribution in [-0.4, -0.2) is 48.6 Å². The van der Waals surface area contributed by atoms with E-state index in [-0.39, 0.29) is 11.8 Å². The van der Waals surface area contributed by atoms with Crippen LogP contribution in [0.2, 0.25) is 0 Å². The maximum absolute atomic E-state index is 12.5. The summed E-state index contributed by atoms with van der Waals surface area (Å²) in [6, 6.07) is 5.92. The van der Waals surface area contributed by atoms with E-state index in [2.05, 4.69) is 25.4 Å². The molecule has 130 valence electrons. The molecule has 3 unspecified atom stereocenters. The maximum atomic E-state index is 12.5. The van der Waals surface area contributed by atoms with E-state index in [9.17, 15) is 4.79 Å². The van der Waals surface area contributed by atoms with Crippen molar-refractivity contribution < 1.29 is 9.53 Å². The molecule has 1 amide bonds. The molecular formula is C18H21N5O2. The minimum atomic E-state index is -0.108. The zero-order valence-corrected chi connectivity index (χ0v) is 14.0. The van der Waals surface area contributed by atoms with Gasteiger partial charge in [-0.15, -0.1) is 5.10 Å². The van der Waals surface area contributed by atoms with Crippen molar-refractivity contribution in [3.8, 4) is 0 Å². The lowest BCUT2D eigenvalue weighted by atomic mass is 9.96. The summed E-state index contributed by atoms with van der Waals surface area (Å²) in [7, 11) is 0. The van der Waals surface area contributed by atoms with Crippen molar-refractivity contribution in [1.82, 2.24) is 10.3 Å². The fraction of sp³-hybridized carbons (Fsp3) is 0.556. The quantitative estimate of drug-likeness (QED) is 0.888. The lowest BCUT2D eigenvalue weighted by molar-refractivity contribution is -0.115. The van der Waals surface area contributed by atoms with E-state index in [4.69, 9.17) is 4.74 Å². The van der Waals surface area contributed by atoms with Crippen LogP contribution in [0.3, 0.4) is 0 Å². The van der Waals surface area contributed by atoms with Crippen molar-refractivity contribution in [3.63, 3.8) is 0 Å². The second-order valence-corrected chi connectivity index (χ2v) is 7.17. The topological polar surface area (TPSA) is 79.2 Å². The van der Waals surface area contributed by atoms with Crippen LogP contribution in [0.4, 0.5) is 5.82 Å². The Labute approximate surface area is 146 Å². The molecule has 7 nitrogen and oxygen atoms in total. The van der Waals surface area contributed by atoms with Crippen molar-refractivity contribution >= 4 is 23.1 Å². The number of carbonyl (C=O) groups is 1. The molecule has 1 aromatic heterocycles. The van der Waals surface area contributed by atoms with Crippen molar-refractivity contribution in [2.45, 2.75) is 19.4 Å². The molecule has 25 heavy (non-hydrogen) atoms. The Morgan fingerprint density at radius 1 is 1.24 bits per heavy atom. The number of ether oxygens (including phenoxy) is 1. The van der Waals surface area contributed by atoms with Gasteiger partial charge in [-0.1, -0.05) is 6.07 Å². The molecule has 4 aliphatic rings. The summed E-state index contributed by atoms with van der Waals surface area (Å²) in [5.74, 6) is 2.34. The van der Waals surface area contributed by atoms with Gasteiger partial charge in [0.25, 0.3) is 5.91 Å². The number of morpholine rings is 1.